The average molecular weight is 188 g/mol. The van der Waals surface area contributed by atoms with Crippen molar-refractivity contribution in [3.8, 4) is 0 Å². The quantitative estimate of drug-likeness (QED) is 0.459. The molecule has 0 bridgehead atoms. The molecule has 2 aliphatic rings. The molecule has 2 saturated heterocycles. The zero-order chi connectivity index (χ0) is 8.72. The van der Waals surface area contributed by atoms with Gasteiger partial charge in [0.05, 0.1) is 11.9 Å². The monoisotopic (exact) mass is 187 g/mol. The molecule has 0 aromatic rings. The first kappa shape index (κ1) is 7.92. The van der Waals surface area contributed by atoms with Crippen LogP contribution < -0.4 is 0 Å². The van der Waals surface area contributed by atoms with Crippen molar-refractivity contribution >= 4 is 17.7 Å². The second-order valence-corrected chi connectivity index (χ2v) is 3.53. The third-order valence-electron chi connectivity index (χ3n) is 2.36. The van der Waals surface area contributed by atoms with Gasteiger partial charge in [0.1, 0.15) is 6.10 Å². The lowest BCUT2D eigenvalue weighted by molar-refractivity contribution is 0.137. The molecule has 66 valence electrons. The van der Waals surface area contributed by atoms with Crippen LogP contribution in [0.5, 0.6) is 0 Å². The number of amides is 1. The van der Waals surface area contributed by atoms with E-state index in [0.29, 0.717) is 12.4 Å². The summed E-state index contributed by atoms with van der Waals surface area (Å²) >= 11 is 5.65. The summed E-state index contributed by atoms with van der Waals surface area (Å²) in [5.41, 5.74) is 1.09. The predicted octanol–water partition coefficient (Wildman–Crippen LogP) is 1.37. The standard InChI is InChI=1S/C8H10ClNO2/c1-5-2-6-7(3-9)12-8(11)10(6)4-5/h6-7H,1-4H2/t6-,7-/m1/s1. The normalized spacial score (nSPS) is 33.9. The van der Waals surface area contributed by atoms with Crippen LogP contribution in [0.2, 0.25) is 0 Å². The highest BCUT2D eigenvalue weighted by Crippen LogP contribution is 2.31. The van der Waals surface area contributed by atoms with E-state index in [1.54, 1.807) is 4.90 Å². The Morgan fingerprint density at radius 1 is 1.75 bits per heavy atom. The van der Waals surface area contributed by atoms with Crippen molar-refractivity contribution in [1.82, 2.24) is 4.90 Å². The van der Waals surface area contributed by atoms with E-state index in [1.165, 1.54) is 0 Å². The zero-order valence-electron chi connectivity index (χ0n) is 6.62. The number of nitrogens with zero attached hydrogens (tertiary/aromatic N) is 1. The molecule has 0 radical (unpaired) electrons. The Hall–Kier alpha value is -0.700. The number of halogens is 1. The van der Waals surface area contributed by atoms with Crippen molar-refractivity contribution in [3.05, 3.63) is 12.2 Å². The number of rotatable bonds is 1. The Bertz CT molecular complexity index is 241. The number of hydrogen-bond acceptors (Lipinski definition) is 2. The number of alkyl halides is 1. The lowest BCUT2D eigenvalue weighted by Crippen LogP contribution is -2.31. The minimum absolute atomic E-state index is 0.140. The van der Waals surface area contributed by atoms with Crippen LogP contribution in [0.15, 0.2) is 12.2 Å². The first-order valence-electron chi connectivity index (χ1n) is 3.92. The summed E-state index contributed by atoms with van der Waals surface area (Å²) in [6.45, 7) is 4.48. The number of carbonyl (C=O) groups excluding carboxylic acids is 1. The Kier molecular flexibility index (Phi) is 1.76. The highest BCUT2D eigenvalue weighted by Gasteiger charge is 2.45. The molecule has 0 spiro atoms. The number of fused-ring (bicyclic) bond motifs is 1. The smallest absolute Gasteiger partial charge is 0.410 e. The van der Waals surface area contributed by atoms with Gasteiger partial charge in [0.15, 0.2) is 0 Å². The second kappa shape index (κ2) is 2.66. The van der Waals surface area contributed by atoms with Crippen molar-refractivity contribution in [2.75, 3.05) is 12.4 Å². The molecule has 1 amide bonds. The maximum Gasteiger partial charge on any atom is 0.410 e. The van der Waals surface area contributed by atoms with E-state index >= 15 is 0 Å². The summed E-state index contributed by atoms with van der Waals surface area (Å²) in [5, 5.41) is 0. The highest BCUT2D eigenvalue weighted by atomic mass is 35.5. The van der Waals surface area contributed by atoms with Crippen LogP contribution in [0.4, 0.5) is 4.79 Å². The lowest BCUT2D eigenvalue weighted by Gasteiger charge is -2.12. The lowest BCUT2D eigenvalue weighted by atomic mass is 10.1. The van der Waals surface area contributed by atoms with Crippen molar-refractivity contribution in [3.63, 3.8) is 0 Å². The van der Waals surface area contributed by atoms with E-state index in [-0.39, 0.29) is 18.2 Å². The largest absolute Gasteiger partial charge is 0.443 e. The van der Waals surface area contributed by atoms with Gasteiger partial charge >= 0.3 is 6.09 Å². The predicted molar refractivity (Wildman–Crippen MR) is 45.2 cm³/mol. The molecule has 2 rings (SSSR count). The van der Waals surface area contributed by atoms with E-state index in [0.717, 1.165) is 12.0 Å². The van der Waals surface area contributed by atoms with Crippen LogP contribution >= 0.6 is 11.6 Å². The summed E-state index contributed by atoms with van der Waals surface area (Å²) in [6, 6.07) is 0.141. The van der Waals surface area contributed by atoms with Crippen molar-refractivity contribution in [2.45, 2.75) is 18.6 Å². The Morgan fingerprint density at radius 2 is 2.50 bits per heavy atom. The fraction of sp³-hybridized carbons (Fsp3) is 0.625. The van der Waals surface area contributed by atoms with Crippen LogP contribution in [0.1, 0.15) is 6.42 Å². The number of ether oxygens (including phenoxy) is 1. The third kappa shape index (κ3) is 1.00. The van der Waals surface area contributed by atoms with Gasteiger partial charge in [-0.15, -0.1) is 11.6 Å². The Labute approximate surface area is 75.9 Å². The van der Waals surface area contributed by atoms with Gasteiger partial charge in [-0.3, -0.25) is 4.90 Å². The molecule has 4 heteroatoms. The fourth-order valence-corrected chi connectivity index (χ4v) is 2.04. The molecule has 2 aliphatic heterocycles. The van der Waals surface area contributed by atoms with Gasteiger partial charge in [-0.2, -0.15) is 0 Å². The molecule has 0 unspecified atom stereocenters. The molecule has 3 nitrogen and oxygen atoms in total. The molecule has 2 heterocycles. The van der Waals surface area contributed by atoms with E-state index in [4.69, 9.17) is 16.3 Å². The number of carbonyl (C=O) groups is 1. The maximum atomic E-state index is 11.2. The molecule has 0 aromatic carbocycles. The average Bonchev–Trinajstić information content (AvgIpc) is 2.52. The van der Waals surface area contributed by atoms with E-state index in [2.05, 4.69) is 6.58 Å². The second-order valence-electron chi connectivity index (χ2n) is 3.23. The van der Waals surface area contributed by atoms with Crippen molar-refractivity contribution in [2.24, 2.45) is 0 Å². The molecule has 12 heavy (non-hydrogen) atoms. The van der Waals surface area contributed by atoms with Crippen LogP contribution in [0, 0.1) is 0 Å². The molecule has 0 aromatic heterocycles. The molecule has 0 aliphatic carbocycles. The van der Waals surface area contributed by atoms with Crippen LogP contribution in [0.25, 0.3) is 0 Å². The molecule has 0 N–H and O–H groups in total. The van der Waals surface area contributed by atoms with Crippen LogP contribution in [-0.4, -0.2) is 35.6 Å². The zero-order valence-corrected chi connectivity index (χ0v) is 7.38. The summed E-state index contributed by atoms with van der Waals surface area (Å²) < 4.78 is 5.04. The number of hydrogen-bond donors (Lipinski definition) is 0. The van der Waals surface area contributed by atoms with Gasteiger partial charge in [-0.1, -0.05) is 12.2 Å². The molecule has 0 saturated carbocycles. The number of cyclic esters (lactones) is 1. The minimum Gasteiger partial charge on any atom is -0.443 e. The van der Waals surface area contributed by atoms with E-state index < -0.39 is 0 Å². The first-order valence-corrected chi connectivity index (χ1v) is 4.45. The summed E-state index contributed by atoms with van der Waals surface area (Å²) in [4.78, 5) is 12.9. The first-order chi connectivity index (χ1) is 5.72. The van der Waals surface area contributed by atoms with Gasteiger partial charge in [0.25, 0.3) is 0 Å². The molecular weight excluding hydrogens is 178 g/mol. The highest BCUT2D eigenvalue weighted by molar-refractivity contribution is 6.18. The SMILES string of the molecule is C=C1C[C@@H]2[C@@H](CCl)OC(=O)N2C1. The van der Waals surface area contributed by atoms with Crippen molar-refractivity contribution < 1.29 is 9.53 Å². The van der Waals surface area contributed by atoms with Gasteiger partial charge < -0.3 is 4.74 Å². The van der Waals surface area contributed by atoms with E-state index in [1.807, 2.05) is 0 Å². The van der Waals surface area contributed by atoms with Gasteiger partial charge in [0, 0.05) is 6.54 Å². The summed E-state index contributed by atoms with van der Waals surface area (Å²) in [6.07, 6.45) is 0.450. The minimum atomic E-state index is -0.246. The summed E-state index contributed by atoms with van der Waals surface area (Å²) in [7, 11) is 0. The van der Waals surface area contributed by atoms with Crippen LogP contribution in [-0.2, 0) is 4.74 Å². The Balaban J connectivity index is 2.18. The third-order valence-corrected chi connectivity index (χ3v) is 2.66. The van der Waals surface area contributed by atoms with Gasteiger partial charge in [-0.05, 0) is 6.42 Å². The van der Waals surface area contributed by atoms with Gasteiger partial charge in [-0.25, -0.2) is 4.79 Å². The van der Waals surface area contributed by atoms with E-state index in [9.17, 15) is 4.79 Å². The Morgan fingerprint density at radius 3 is 3.17 bits per heavy atom. The topological polar surface area (TPSA) is 29.5 Å². The van der Waals surface area contributed by atoms with Crippen molar-refractivity contribution in [1.29, 1.82) is 0 Å². The molecular formula is C8H10ClNO2. The molecule has 2 fully saturated rings. The summed E-state index contributed by atoms with van der Waals surface area (Å²) in [5.74, 6) is 0.375. The van der Waals surface area contributed by atoms with Gasteiger partial charge in [0.2, 0.25) is 0 Å². The van der Waals surface area contributed by atoms with Crippen LogP contribution in [0.3, 0.4) is 0 Å². The molecule has 2 atom stereocenters. The fourth-order valence-electron chi connectivity index (χ4n) is 1.77. The maximum absolute atomic E-state index is 11.2.